The first-order valence-corrected chi connectivity index (χ1v) is 9.38. The summed E-state index contributed by atoms with van der Waals surface area (Å²) >= 11 is 3.96. The average Bonchev–Trinajstić information content (AvgIpc) is 3.08. The van der Waals surface area contributed by atoms with Crippen LogP contribution in [0.15, 0.2) is 18.2 Å². The van der Waals surface area contributed by atoms with Gasteiger partial charge in [0.15, 0.2) is 0 Å². The van der Waals surface area contributed by atoms with Gasteiger partial charge in [0.05, 0.1) is 0 Å². The van der Waals surface area contributed by atoms with Crippen molar-refractivity contribution in [3.05, 3.63) is 29.3 Å². The molecule has 0 saturated heterocycles. The number of halogens is 1. The molecular weight excluding hydrogens is 324 g/mol. The van der Waals surface area contributed by atoms with E-state index in [-0.39, 0.29) is 5.60 Å². The third-order valence-corrected chi connectivity index (χ3v) is 6.75. The van der Waals surface area contributed by atoms with Crippen molar-refractivity contribution in [2.75, 3.05) is 0 Å². The first-order chi connectivity index (χ1) is 10.00. The molecule has 1 aliphatic heterocycles. The van der Waals surface area contributed by atoms with E-state index in [9.17, 15) is 0 Å². The van der Waals surface area contributed by atoms with Crippen molar-refractivity contribution < 1.29 is 4.74 Å². The molecule has 1 aromatic rings. The SMILES string of the molecule is CC1(C)Cc2cc(C(Br)CC3CC4CCC3C4)ccc2O1. The molecule has 0 spiro atoms. The zero-order chi connectivity index (χ0) is 14.6. The van der Waals surface area contributed by atoms with Gasteiger partial charge in [-0.15, -0.1) is 0 Å². The molecule has 2 bridgehead atoms. The minimum Gasteiger partial charge on any atom is -0.487 e. The predicted octanol–water partition coefficient (Wildman–Crippen LogP) is 5.66. The van der Waals surface area contributed by atoms with Crippen molar-refractivity contribution in [3.63, 3.8) is 0 Å². The van der Waals surface area contributed by atoms with Gasteiger partial charge in [-0.1, -0.05) is 34.5 Å². The monoisotopic (exact) mass is 348 g/mol. The quantitative estimate of drug-likeness (QED) is 0.640. The lowest BCUT2D eigenvalue weighted by molar-refractivity contribution is 0.138. The molecule has 1 heterocycles. The van der Waals surface area contributed by atoms with E-state index in [1.54, 1.807) is 0 Å². The molecule has 0 N–H and O–H groups in total. The van der Waals surface area contributed by atoms with Gasteiger partial charge in [0, 0.05) is 11.2 Å². The second kappa shape index (κ2) is 5.01. The standard InChI is InChI=1S/C19H25BrO/c1-19(2)11-16-9-14(5-6-18(16)21-19)17(20)10-15-8-12-3-4-13(15)7-12/h5-6,9,12-13,15,17H,3-4,7-8,10-11H2,1-2H3. The number of ether oxygens (including phenoxy) is 1. The van der Waals surface area contributed by atoms with E-state index in [2.05, 4.69) is 48.0 Å². The molecule has 1 nitrogen and oxygen atoms in total. The lowest BCUT2D eigenvalue weighted by Crippen LogP contribution is -2.24. The Hall–Kier alpha value is -0.500. The Bertz CT molecular complexity index is 550. The van der Waals surface area contributed by atoms with Crippen LogP contribution in [0.25, 0.3) is 0 Å². The van der Waals surface area contributed by atoms with E-state index in [0.29, 0.717) is 4.83 Å². The number of rotatable bonds is 3. The molecule has 4 rings (SSSR count). The summed E-state index contributed by atoms with van der Waals surface area (Å²) in [5.74, 6) is 4.11. The highest BCUT2D eigenvalue weighted by Gasteiger charge is 2.40. The molecule has 4 unspecified atom stereocenters. The van der Waals surface area contributed by atoms with Gasteiger partial charge in [-0.05, 0) is 74.5 Å². The number of hydrogen-bond donors (Lipinski definition) is 0. The number of hydrogen-bond acceptors (Lipinski definition) is 1. The van der Waals surface area contributed by atoms with Crippen molar-refractivity contribution in [2.45, 2.75) is 62.8 Å². The molecular formula is C19H25BrO. The average molecular weight is 349 g/mol. The highest BCUT2D eigenvalue weighted by atomic mass is 79.9. The molecule has 4 atom stereocenters. The maximum Gasteiger partial charge on any atom is 0.123 e. The summed E-state index contributed by atoms with van der Waals surface area (Å²) in [4.78, 5) is 0.510. The van der Waals surface area contributed by atoms with Gasteiger partial charge in [-0.3, -0.25) is 0 Å². The Morgan fingerprint density at radius 1 is 1.29 bits per heavy atom. The van der Waals surface area contributed by atoms with Crippen LogP contribution >= 0.6 is 15.9 Å². The summed E-state index contributed by atoms with van der Waals surface area (Å²) in [6, 6.07) is 6.80. The highest BCUT2D eigenvalue weighted by Crippen LogP contribution is 2.52. The van der Waals surface area contributed by atoms with E-state index in [4.69, 9.17) is 4.74 Å². The summed E-state index contributed by atoms with van der Waals surface area (Å²) < 4.78 is 5.99. The summed E-state index contributed by atoms with van der Waals surface area (Å²) in [5.41, 5.74) is 2.79. The summed E-state index contributed by atoms with van der Waals surface area (Å²) in [5, 5.41) is 0. The van der Waals surface area contributed by atoms with Crippen molar-refractivity contribution in [1.29, 1.82) is 0 Å². The first kappa shape index (κ1) is 14.1. The van der Waals surface area contributed by atoms with E-state index < -0.39 is 0 Å². The fraction of sp³-hybridized carbons (Fsp3) is 0.684. The topological polar surface area (TPSA) is 9.23 Å². The molecule has 0 radical (unpaired) electrons. The third kappa shape index (κ3) is 2.65. The van der Waals surface area contributed by atoms with Crippen LogP contribution in [0.2, 0.25) is 0 Å². The smallest absolute Gasteiger partial charge is 0.123 e. The Kier molecular flexibility index (Phi) is 3.37. The zero-order valence-electron chi connectivity index (χ0n) is 13.1. The normalized spacial score (nSPS) is 33.8. The fourth-order valence-corrected chi connectivity index (χ4v) is 5.66. The third-order valence-electron chi connectivity index (χ3n) is 5.84. The first-order valence-electron chi connectivity index (χ1n) is 8.46. The van der Waals surface area contributed by atoms with E-state index in [0.717, 1.165) is 29.9 Å². The molecule has 2 fully saturated rings. The van der Waals surface area contributed by atoms with Crippen LogP contribution in [0.5, 0.6) is 5.75 Å². The summed E-state index contributed by atoms with van der Waals surface area (Å²) in [6.45, 7) is 4.35. The van der Waals surface area contributed by atoms with Gasteiger partial charge < -0.3 is 4.74 Å². The lowest BCUT2D eigenvalue weighted by atomic mass is 9.84. The van der Waals surface area contributed by atoms with Gasteiger partial charge >= 0.3 is 0 Å². The second-order valence-corrected chi connectivity index (χ2v) is 9.15. The number of alkyl halides is 1. The van der Waals surface area contributed by atoms with Crippen molar-refractivity contribution >= 4 is 15.9 Å². The van der Waals surface area contributed by atoms with Gasteiger partial charge in [-0.25, -0.2) is 0 Å². The Morgan fingerprint density at radius 2 is 2.14 bits per heavy atom. The van der Waals surface area contributed by atoms with Gasteiger partial charge in [0.2, 0.25) is 0 Å². The minimum absolute atomic E-state index is 0.0344. The maximum atomic E-state index is 5.99. The Morgan fingerprint density at radius 3 is 2.86 bits per heavy atom. The van der Waals surface area contributed by atoms with Crippen LogP contribution in [0.3, 0.4) is 0 Å². The van der Waals surface area contributed by atoms with Crippen LogP contribution in [0.4, 0.5) is 0 Å². The Balaban J connectivity index is 1.47. The van der Waals surface area contributed by atoms with Crippen LogP contribution in [-0.4, -0.2) is 5.60 Å². The molecule has 21 heavy (non-hydrogen) atoms. The van der Waals surface area contributed by atoms with Gasteiger partial charge in [0.25, 0.3) is 0 Å². The van der Waals surface area contributed by atoms with E-state index in [1.807, 2.05) is 0 Å². The molecule has 0 amide bonds. The van der Waals surface area contributed by atoms with Crippen molar-refractivity contribution in [3.8, 4) is 5.75 Å². The molecule has 114 valence electrons. The predicted molar refractivity (Wildman–Crippen MR) is 90.1 cm³/mol. The van der Waals surface area contributed by atoms with Gasteiger partial charge in [0.1, 0.15) is 11.4 Å². The molecule has 0 aromatic heterocycles. The molecule has 2 aliphatic carbocycles. The summed E-state index contributed by atoms with van der Waals surface area (Å²) in [7, 11) is 0. The van der Waals surface area contributed by atoms with Gasteiger partial charge in [-0.2, -0.15) is 0 Å². The Labute approximate surface area is 136 Å². The van der Waals surface area contributed by atoms with Crippen LogP contribution in [-0.2, 0) is 6.42 Å². The summed E-state index contributed by atoms with van der Waals surface area (Å²) in [6.07, 6.45) is 8.32. The maximum absolute atomic E-state index is 5.99. The van der Waals surface area contributed by atoms with E-state index in [1.165, 1.54) is 43.2 Å². The van der Waals surface area contributed by atoms with Crippen LogP contribution in [0.1, 0.15) is 61.9 Å². The fourth-order valence-electron chi connectivity index (χ4n) is 4.89. The number of benzene rings is 1. The van der Waals surface area contributed by atoms with Crippen molar-refractivity contribution in [2.24, 2.45) is 17.8 Å². The van der Waals surface area contributed by atoms with E-state index >= 15 is 0 Å². The molecule has 1 aromatic carbocycles. The molecule has 2 heteroatoms. The minimum atomic E-state index is -0.0344. The lowest BCUT2D eigenvalue weighted by Gasteiger charge is -2.24. The zero-order valence-corrected chi connectivity index (χ0v) is 14.7. The molecule has 3 aliphatic rings. The number of fused-ring (bicyclic) bond motifs is 3. The largest absolute Gasteiger partial charge is 0.487 e. The van der Waals surface area contributed by atoms with Crippen LogP contribution < -0.4 is 4.74 Å². The highest BCUT2D eigenvalue weighted by molar-refractivity contribution is 9.09. The molecule has 2 saturated carbocycles. The van der Waals surface area contributed by atoms with Crippen LogP contribution in [0, 0.1) is 17.8 Å². The van der Waals surface area contributed by atoms with Crippen molar-refractivity contribution in [1.82, 2.24) is 0 Å². The second-order valence-electron chi connectivity index (χ2n) is 8.04.